The van der Waals surface area contributed by atoms with E-state index in [1.54, 1.807) is 42.5 Å². The van der Waals surface area contributed by atoms with Crippen molar-refractivity contribution in [2.24, 2.45) is 0 Å². The maximum Gasteiger partial charge on any atom is 0.258 e. The highest BCUT2D eigenvalue weighted by molar-refractivity contribution is 7.89. The fraction of sp³-hybridized carbons (Fsp3) is 0.208. The van der Waals surface area contributed by atoms with E-state index in [-0.39, 0.29) is 11.4 Å². The standard InChI is InChI=1S/C24H25FN2O6S/c1-31-18-7-5-17(6-8-18)27-24(28)20-15-19(9-10-21(20)25)34(29,30)26-13-12-16-4-11-22(32-2)23(14-16)33-3/h4-11,14-15,26H,12-13H2,1-3H3,(H,27,28). The van der Waals surface area contributed by atoms with Crippen molar-refractivity contribution in [1.29, 1.82) is 0 Å². The highest BCUT2D eigenvalue weighted by atomic mass is 32.2. The molecule has 0 bridgehead atoms. The molecule has 0 aliphatic carbocycles. The summed E-state index contributed by atoms with van der Waals surface area (Å²) >= 11 is 0. The lowest BCUT2D eigenvalue weighted by molar-refractivity contribution is 0.102. The fourth-order valence-electron chi connectivity index (χ4n) is 3.17. The van der Waals surface area contributed by atoms with Crippen molar-refractivity contribution in [2.45, 2.75) is 11.3 Å². The van der Waals surface area contributed by atoms with Gasteiger partial charge in [-0.15, -0.1) is 0 Å². The summed E-state index contributed by atoms with van der Waals surface area (Å²) in [7, 11) is 0.571. The van der Waals surface area contributed by atoms with Gasteiger partial charge in [-0.3, -0.25) is 4.79 Å². The zero-order valence-electron chi connectivity index (χ0n) is 18.9. The zero-order valence-corrected chi connectivity index (χ0v) is 19.7. The number of sulfonamides is 1. The number of carbonyl (C=O) groups excluding carboxylic acids is 1. The molecule has 180 valence electrons. The van der Waals surface area contributed by atoms with Crippen LogP contribution in [0.4, 0.5) is 10.1 Å². The highest BCUT2D eigenvalue weighted by Gasteiger charge is 2.19. The first-order valence-corrected chi connectivity index (χ1v) is 11.7. The van der Waals surface area contributed by atoms with Crippen molar-refractivity contribution in [2.75, 3.05) is 33.2 Å². The van der Waals surface area contributed by atoms with Gasteiger partial charge in [0.05, 0.1) is 31.8 Å². The number of nitrogens with one attached hydrogen (secondary N) is 2. The molecule has 0 spiro atoms. The number of rotatable bonds is 10. The second-order valence-corrected chi connectivity index (χ2v) is 8.93. The molecule has 0 radical (unpaired) electrons. The van der Waals surface area contributed by atoms with Crippen LogP contribution in [-0.4, -0.2) is 42.2 Å². The maximum atomic E-state index is 14.3. The van der Waals surface area contributed by atoms with E-state index in [2.05, 4.69) is 10.0 Å². The van der Waals surface area contributed by atoms with Crippen LogP contribution in [0.25, 0.3) is 0 Å². The molecule has 8 nitrogen and oxygen atoms in total. The Morgan fingerprint density at radius 2 is 1.59 bits per heavy atom. The van der Waals surface area contributed by atoms with Gasteiger partial charge < -0.3 is 19.5 Å². The monoisotopic (exact) mass is 488 g/mol. The molecule has 0 atom stereocenters. The first-order chi connectivity index (χ1) is 16.3. The average molecular weight is 489 g/mol. The summed E-state index contributed by atoms with van der Waals surface area (Å²) in [6.45, 7) is 0.0859. The van der Waals surface area contributed by atoms with Crippen molar-refractivity contribution in [3.8, 4) is 17.2 Å². The molecular formula is C24H25FN2O6S. The minimum absolute atomic E-state index is 0.0859. The molecule has 3 aromatic rings. The predicted octanol–water partition coefficient (Wildman–Crippen LogP) is 3.62. The van der Waals surface area contributed by atoms with Crippen LogP contribution in [0.1, 0.15) is 15.9 Å². The molecule has 0 heterocycles. The molecule has 0 saturated carbocycles. The van der Waals surface area contributed by atoms with Crippen LogP contribution in [0, 0.1) is 5.82 Å². The van der Waals surface area contributed by atoms with Crippen molar-refractivity contribution in [3.05, 3.63) is 77.6 Å². The van der Waals surface area contributed by atoms with Gasteiger partial charge in [0, 0.05) is 12.2 Å². The van der Waals surface area contributed by atoms with E-state index < -0.39 is 27.3 Å². The number of benzene rings is 3. The molecule has 1 amide bonds. The Bertz CT molecular complexity index is 1260. The molecule has 0 fully saturated rings. The molecule has 34 heavy (non-hydrogen) atoms. The third-order valence-corrected chi connectivity index (χ3v) is 6.45. The van der Waals surface area contributed by atoms with Gasteiger partial charge in [-0.1, -0.05) is 6.07 Å². The third kappa shape index (κ3) is 6.03. The van der Waals surface area contributed by atoms with Crippen molar-refractivity contribution < 1.29 is 31.8 Å². The van der Waals surface area contributed by atoms with Crippen LogP contribution < -0.4 is 24.2 Å². The summed E-state index contributed by atoms with van der Waals surface area (Å²) in [5, 5.41) is 2.54. The number of hydrogen-bond donors (Lipinski definition) is 2. The first kappa shape index (κ1) is 25.0. The van der Waals surface area contributed by atoms with Crippen LogP contribution in [0.3, 0.4) is 0 Å². The molecule has 2 N–H and O–H groups in total. The SMILES string of the molecule is COc1ccc(NC(=O)c2cc(S(=O)(=O)NCCc3ccc(OC)c(OC)c3)ccc2F)cc1. The fourth-order valence-corrected chi connectivity index (χ4v) is 4.23. The van der Waals surface area contributed by atoms with Crippen LogP contribution in [0.15, 0.2) is 65.6 Å². The molecule has 3 rings (SSSR count). The Labute approximate surface area is 197 Å². The van der Waals surface area contributed by atoms with E-state index in [9.17, 15) is 17.6 Å². The van der Waals surface area contributed by atoms with E-state index in [1.807, 2.05) is 0 Å². The largest absolute Gasteiger partial charge is 0.497 e. The summed E-state index contributed by atoms with van der Waals surface area (Å²) < 4.78 is 57.8. The van der Waals surface area contributed by atoms with Gasteiger partial charge in [0.2, 0.25) is 10.0 Å². The maximum absolute atomic E-state index is 14.3. The molecule has 3 aromatic carbocycles. The summed E-state index contributed by atoms with van der Waals surface area (Å²) in [4.78, 5) is 12.3. The summed E-state index contributed by atoms with van der Waals surface area (Å²) in [5.74, 6) is 0.0873. The van der Waals surface area contributed by atoms with E-state index in [0.717, 1.165) is 23.8 Å². The second kappa shape index (κ2) is 11.0. The molecule has 0 unspecified atom stereocenters. The zero-order chi connectivity index (χ0) is 24.7. The van der Waals surface area contributed by atoms with Gasteiger partial charge in [0.1, 0.15) is 11.6 Å². The van der Waals surface area contributed by atoms with Gasteiger partial charge in [-0.25, -0.2) is 17.5 Å². The predicted molar refractivity (Wildman–Crippen MR) is 126 cm³/mol. The van der Waals surface area contributed by atoms with Gasteiger partial charge in [-0.05, 0) is 66.6 Å². The minimum atomic E-state index is -3.98. The Kier molecular flexibility index (Phi) is 8.08. The summed E-state index contributed by atoms with van der Waals surface area (Å²) in [6.07, 6.45) is 0.381. The molecule has 0 saturated heterocycles. The first-order valence-electron chi connectivity index (χ1n) is 10.2. The second-order valence-electron chi connectivity index (χ2n) is 7.16. The quantitative estimate of drug-likeness (QED) is 0.452. The topological polar surface area (TPSA) is 103 Å². The number of amides is 1. The highest BCUT2D eigenvalue weighted by Crippen LogP contribution is 2.27. The van der Waals surface area contributed by atoms with Crippen molar-refractivity contribution in [3.63, 3.8) is 0 Å². The number of halogens is 1. The number of carbonyl (C=O) groups is 1. The van der Waals surface area contributed by atoms with Gasteiger partial charge >= 0.3 is 0 Å². The van der Waals surface area contributed by atoms with Crippen LogP contribution in [0.2, 0.25) is 0 Å². The molecule has 0 aliphatic rings. The molecular weight excluding hydrogens is 463 g/mol. The van der Waals surface area contributed by atoms with E-state index in [0.29, 0.717) is 29.4 Å². The normalized spacial score (nSPS) is 11.1. The van der Waals surface area contributed by atoms with Crippen molar-refractivity contribution in [1.82, 2.24) is 4.72 Å². The third-order valence-electron chi connectivity index (χ3n) is 4.99. The Balaban J connectivity index is 1.69. The van der Waals surface area contributed by atoms with Crippen LogP contribution in [-0.2, 0) is 16.4 Å². The van der Waals surface area contributed by atoms with E-state index in [1.165, 1.54) is 21.3 Å². The average Bonchev–Trinajstić information content (AvgIpc) is 2.84. The van der Waals surface area contributed by atoms with Crippen LogP contribution >= 0.6 is 0 Å². The number of ether oxygens (including phenoxy) is 3. The van der Waals surface area contributed by atoms with E-state index >= 15 is 0 Å². The minimum Gasteiger partial charge on any atom is -0.497 e. The van der Waals surface area contributed by atoms with E-state index in [4.69, 9.17) is 14.2 Å². The number of methoxy groups -OCH3 is 3. The van der Waals surface area contributed by atoms with Gasteiger partial charge in [0.15, 0.2) is 11.5 Å². The van der Waals surface area contributed by atoms with Crippen molar-refractivity contribution >= 4 is 21.6 Å². The molecule has 10 heteroatoms. The van der Waals surface area contributed by atoms with Gasteiger partial charge in [0.25, 0.3) is 5.91 Å². The lowest BCUT2D eigenvalue weighted by Crippen LogP contribution is -2.26. The number of anilines is 1. The Hall–Kier alpha value is -3.63. The smallest absolute Gasteiger partial charge is 0.258 e. The molecule has 0 aliphatic heterocycles. The van der Waals surface area contributed by atoms with Crippen LogP contribution in [0.5, 0.6) is 17.2 Å². The lowest BCUT2D eigenvalue weighted by Gasteiger charge is -2.11. The Morgan fingerprint density at radius 3 is 2.24 bits per heavy atom. The summed E-state index contributed by atoms with van der Waals surface area (Å²) in [6, 6.07) is 14.8. The summed E-state index contributed by atoms with van der Waals surface area (Å²) in [5.41, 5.74) is 0.851. The molecule has 0 aromatic heterocycles. The Morgan fingerprint density at radius 1 is 0.882 bits per heavy atom. The number of hydrogen-bond acceptors (Lipinski definition) is 6. The van der Waals surface area contributed by atoms with Gasteiger partial charge in [-0.2, -0.15) is 0 Å². The lowest BCUT2D eigenvalue weighted by atomic mass is 10.1.